The van der Waals surface area contributed by atoms with E-state index in [1.54, 1.807) is 21.0 Å². The molecule has 0 aromatic heterocycles. The first-order valence-corrected chi connectivity index (χ1v) is 9.11. The van der Waals surface area contributed by atoms with Gasteiger partial charge in [-0.2, -0.15) is 0 Å². The molecule has 0 amide bonds. The average Bonchev–Trinajstić information content (AvgIpc) is 2.42. The minimum atomic E-state index is -3.05. The molecule has 0 radical (unpaired) electrons. The van der Waals surface area contributed by atoms with E-state index < -0.39 is 14.6 Å². The van der Waals surface area contributed by atoms with E-state index in [4.69, 9.17) is 4.74 Å². The summed E-state index contributed by atoms with van der Waals surface area (Å²) in [4.78, 5) is 0. The summed E-state index contributed by atoms with van der Waals surface area (Å²) in [5.41, 5.74) is 1.26. The summed E-state index contributed by atoms with van der Waals surface area (Å²) in [7, 11) is -1.39. The van der Waals surface area contributed by atoms with Crippen molar-refractivity contribution < 1.29 is 13.2 Å². The molecule has 0 bridgehead atoms. The Morgan fingerprint density at radius 1 is 1.24 bits per heavy atom. The number of nitrogens with one attached hydrogen (secondary N) is 1. The molecular formula is C16H27NO3S. The first-order valence-electron chi connectivity index (χ1n) is 7.21. The molecule has 0 aliphatic rings. The van der Waals surface area contributed by atoms with Gasteiger partial charge in [0.1, 0.15) is 5.75 Å². The average molecular weight is 313 g/mol. The van der Waals surface area contributed by atoms with Crippen LogP contribution in [0.3, 0.4) is 0 Å². The number of ether oxygens (including phenoxy) is 1. The maximum absolute atomic E-state index is 11.7. The maximum atomic E-state index is 11.7. The molecule has 0 saturated heterocycles. The summed E-state index contributed by atoms with van der Waals surface area (Å²) < 4.78 is 27.7. The SMILES string of the molecule is COc1ccc(CCC(C)NCC(C)(C)S(C)(=O)=O)cc1. The molecule has 0 aliphatic carbocycles. The normalized spacial score (nSPS) is 14.0. The Hall–Kier alpha value is -1.07. The van der Waals surface area contributed by atoms with Crippen molar-refractivity contribution in [3.05, 3.63) is 29.8 Å². The monoisotopic (exact) mass is 313 g/mol. The second-order valence-corrected chi connectivity index (χ2v) is 8.85. The third-order valence-corrected chi connectivity index (χ3v) is 6.06. The van der Waals surface area contributed by atoms with Gasteiger partial charge in [0.25, 0.3) is 0 Å². The largest absolute Gasteiger partial charge is 0.497 e. The molecule has 0 fully saturated rings. The molecule has 0 aliphatic heterocycles. The highest BCUT2D eigenvalue weighted by Crippen LogP contribution is 2.15. The van der Waals surface area contributed by atoms with E-state index in [0.717, 1.165) is 18.6 Å². The Balaban J connectivity index is 2.42. The third kappa shape index (κ3) is 5.67. The smallest absolute Gasteiger partial charge is 0.153 e. The van der Waals surface area contributed by atoms with Gasteiger partial charge in [-0.3, -0.25) is 0 Å². The summed E-state index contributed by atoms with van der Waals surface area (Å²) in [6, 6.07) is 8.31. The summed E-state index contributed by atoms with van der Waals surface area (Å²) in [6.07, 6.45) is 3.21. The zero-order valence-corrected chi connectivity index (χ0v) is 14.5. The standard InChI is InChI=1S/C16H27NO3S/c1-13(17-12-16(2,3)21(5,18)19)6-7-14-8-10-15(20-4)11-9-14/h8-11,13,17H,6-7,12H2,1-5H3. The van der Waals surface area contributed by atoms with Crippen LogP contribution in [0.2, 0.25) is 0 Å². The van der Waals surface area contributed by atoms with Gasteiger partial charge in [0.2, 0.25) is 0 Å². The van der Waals surface area contributed by atoms with Crippen molar-refractivity contribution in [3.8, 4) is 5.75 Å². The Bertz CT molecular complexity index is 535. The quantitative estimate of drug-likeness (QED) is 0.801. The number of methoxy groups -OCH3 is 1. The Kier molecular flexibility index (Phi) is 6.23. The molecule has 4 nitrogen and oxygen atoms in total. The molecule has 0 saturated carbocycles. The molecule has 5 heteroatoms. The van der Waals surface area contributed by atoms with Crippen LogP contribution in [0.25, 0.3) is 0 Å². The first-order chi connectivity index (χ1) is 9.65. The molecule has 120 valence electrons. The van der Waals surface area contributed by atoms with Crippen LogP contribution in [-0.4, -0.2) is 39.1 Å². The predicted octanol–water partition coefficient (Wildman–Crippen LogP) is 2.43. The number of benzene rings is 1. The van der Waals surface area contributed by atoms with E-state index in [0.29, 0.717) is 6.54 Å². The Morgan fingerprint density at radius 3 is 2.29 bits per heavy atom. The van der Waals surface area contributed by atoms with Crippen LogP contribution in [0, 0.1) is 0 Å². The number of rotatable bonds is 8. The van der Waals surface area contributed by atoms with Crippen molar-refractivity contribution in [2.45, 2.75) is 44.4 Å². The fourth-order valence-electron chi connectivity index (χ4n) is 1.83. The van der Waals surface area contributed by atoms with E-state index >= 15 is 0 Å². The molecule has 1 aromatic carbocycles. The van der Waals surface area contributed by atoms with Crippen molar-refractivity contribution >= 4 is 9.84 Å². The highest BCUT2D eigenvalue weighted by molar-refractivity contribution is 7.92. The highest BCUT2D eigenvalue weighted by Gasteiger charge is 2.29. The second kappa shape index (κ2) is 7.27. The molecule has 1 aromatic rings. The van der Waals surface area contributed by atoms with Crippen molar-refractivity contribution in [2.24, 2.45) is 0 Å². The van der Waals surface area contributed by atoms with E-state index in [2.05, 4.69) is 24.4 Å². The lowest BCUT2D eigenvalue weighted by molar-refractivity contribution is 0.414. The highest BCUT2D eigenvalue weighted by atomic mass is 32.2. The number of sulfone groups is 1. The van der Waals surface area contributed by atoms with Gasteiger partial charge < -0.3 is 10.1 Å². The third-order valence-electron chi connectivity index (χ3n) is 3.91. The van der Waals surface area contributed by atoms with Crippen LogP contribution in [0.1, 0.15) is 32.8 Å². The van der Waals surface area contributed by atoms with Gasteiger partial charge in [-0.15, -0.1) is 0 Å². The van der Waals surface area contributed by atoms with Crippen LogP contribution in [0.5, 0.6) is 5.75 Å². The fourth-order valence-corrected chi connectivity index (χ4v) is 2.17. The molecular weight excluding hydrogens is 286 g/mol. The van der Waals surface area contributed by atoms with Gasteiger partial charge >= 0.3 is 0 Å². The van der Waals surface area contributed by atoms with Gasteiger partial charge in [-0.05, 0) is 51.3 Å². The maximum Gasteiger partial charge on any atom is 0.153 e. The zero-order chi connectivity index (χ0) is 16.1. The van der Waals surface area contributed by atoms with Crippen molar-refractivity contribution in [3.63, 3.8) is 0 Å². The van der Waals surface area contributed by atoms with Gasteiger partial charge in [0, 0.05) is 18.8 Å². The number of hydrogen-bond acceptors (Lipinski definition) is 4. The van der Waals surface area contributed by atoms with E-state index in [-0.39, 0.29) is 6.04 Å². The number of hydrogen-bond donors (Lipinski definition) is 1. The lowest BCUT2D eigenvalue weighted by Gasteiger charge is -2.25. The van der Waals surface area contributed by atoms with Crippen molar-refractivity contribution in [1.29, 1.82) is 0 Å². The number of aryl methyl sites for hydroxylation is 1. The van der Waals surface area contributed by atoms with Crippen molar-refractivity contribution in [2.75, 3.05) is 19.9 Å². The lowest BCUT2D eigenvalue weighted by Crippen LogP contribution is -2.44. The zero-order valence-electron chi connectivity index (χ0n) is 13.6. The molecule has 1 atom stereocenters. The topological polar surface area (TPSA) is 55.4 Å². The summed E-state index contributed by atoms with van der Waals surface area (Å²) in [6.45, 7) is 6.06. The predicted molar refractivity (Wildman–Crippen MR) is 87.7 cm³/mol. The Labute approximate surface area is 128 Å². The fraction of sp³-hybridized carbons (Fsp3) is 0.625. The van der Waals surface area contributed by atoms with Crippen LogP contribution >= 0.6 is 0 Å². The molecule has 0 spiro atoms. The summed E-state index contributed by atoms with van der Waals surface area (Å²) >= 11 is 0. The van der Waals surface area contributed by atoms with Crippen LogP contribution in [-0.2, 0) is 16.3 Å². The van der Waals surface area contributed by atoms with E-state index in [9.17, 15) is 8.42 Å². The van der Waals surface area contributed by atoms with Crippen molar-refractivity contribution in [1.82, 2.24) is 5.32 Å². The molecule has 0 heterocycles. The van der Waals surface area contributed by atoms with Crippen LogP contribution in [0.15, 0.2) is 24.3 Å². The summed E-state index contributed by atoms with van der Waals surface area (Å²) in [5.74, 6) is 0.861. The minimum Gasteiger partial charge on any atom is -0.497 e. The van der Waals surface area contributed by atoms with Crippen LogP contribution in [0.4, 0.5) is 0 Å². The van der Waals surface area contributed by atoms with Gasteiger partial charge in [-0.25, -0.2) is 8.42 Å². The van der Waals surface area contributed by atoms with Gasteiger partial charge in [0.15, 0.2) is 9.84 Å². The van der Waals surface area contributed by atoms with Gasteiger partial charge in [-0.1, -0.05) is 12.1 Å². The summed E-state index contributed by atoms with van der Waals surface area (Å²) in [5, 5.41) is 3.32. The van der Waals surface area contributed by atoms with E-state index in [1.165, 1.54) is 11.8 Å². The first kappa shape index (κ1) is 18.0. The molecule has 1 rings (SSSR count). The van der Waals surface area contributed by atoms with Gasteiger partial charge in [0.05, 0.1) is 11.9 Å². The minimum absolute atomic E-state index is 0.271. The second-order valence-electron chi connectivity index (χ2n) is 6.20. The van der Waals surface area contributed by atoms with Crippen LogP contribution < -0.4 is 10.1 Å². The molecule has 1 unspecified atom stereocenters. The lowest BCUT2D eigenvalue weighted by atomic mass is 10.1. The molecule has 21 heavy (non-hydrogen) atoms. The molecule has 1 N–H and O–H groups in total. The Morgan fingerprint density at radius 2 is 1.81 bits per heavy atom. The van der Waals surface area contributed by atoms with E-state index in [1.807, 2.05) is 12.1 Å².